The third-order valence-corrected chi connectivity index (χ3v) is 5.19. The fourth-order valence-corrected chi connectivity index (χ4v) is 3.68. The normalized spacial score (nSPS) is 23.3. The van der Waals surface area contributed by atoms with Crippen molar-refractivity contribution in [3.8, 4) is 0 Å². The van der Waals surface area contributed by atoms with E-state index in [0.29, 0.717) is 6.42 Å². The van der Waals surface area contributed by atoms with E-state index in [-0.39, 0.29) is 23.8 Å². The number of nitrogens with one attached hydrogen (secondary N) is 2. The van der Waals surface area contributed by atoms with Gasteiger partial charge >= 0.3 is 0 Å². The Bertz CT molecular complexity index is 744. The SMILES string of the molecule is O=C(C1CC(c2ccc(F)cc2)NN1)N1CCN(c2ccccc2)CC1. The Morgan fingerprint density at radius 2 is 1.62 bits per heavy atom. The topological polar surface area (TPSA) is 47.6 Å². The Morgan fingerprint density at radius 1 is 0.923 bits per heavy atom. The maximum absolute atomic E-state index is 13.1. The van der Waals surface area contributed by atoms with Gasteiger partial charge in [-0.2, -0.15) is 0 Å². The van der Waals surface area contributed by atoms with Crippen molar-refractivity contribution in [2.45, 2.75) is 18.5 Å². The number of nitrogens with zero attached hydrogens (tertiary/aromatic N) is 2. The third kappa shape index (κ3) is 3.57. The number of anilines is 1. The summed E-state index contributed by atoms with van der Waals surface area (Å²) in [4.78, 5) is 17.1. The lowest BCUT2D eigenvalue weighted by atomic mass is 10.0. The van der Waals surface area contributed by atoms with Crippen molar-refractivity contribution in [1.82, 2.24) is 15.8 Å². The zero-order chi connectivity index (χ0) is 17.9. The Kier molecular flexibility index (Phi) is 4.86. The molecule has 0 bridgehead atoms. The number of hydrogen-bond donors (Lipinski definition) is 2. The molecular weight excluding hydrogens is 331 g/mol. The second-order valence-electron chi connectivity index (χ2n) is 6.83. The number of rotatable bonds is 3. The molecule has 4 rings (SSSR count). The van der Waals surface area contributed by atoms with Crippen LogP contribution in [0.5, 0.6) is 0 Å². The number of hydrogen-bond acceptors (Lipinski definition) is 4. The van der Waals surface area contributed by atoms with Crippen LogP contribution in [-0.2, 0) is 4.79 Å². The average Bonchev–Trinajstić information content (AvgIpc) is 3.19. The van der Waals surface area contributed by atoms with Crippen LogP contribution in [0.15, 0.2) is 54.6 Å². The lowest BCUT2D eigenvalue weighted by Crippen LogP contribution is -2.53. The van der Waals surface area contributed by atoms with Gasteiger partial charge in [-0.05, 0) is 36.2 Å². The number of halogens is 1. The van der Waals surface area contributed by atoms with E-state index in [1.54, 1.807) is 12.1 Å². The summed E-state index contributed by atoms with van der Waals surface area (Å²) in [6, 6.07) is 16.5. The van der Waals surface area contributed by atoms with Crippen LogP contribution in [-0.4, -0.2) is 43.0 Å². The Hall–Kier alpha value is -2.44. The lowest BCUT2D eigenvalue weighted by Gasteiger charge is -2.37. The minimum absolute atomic E-state index is 0.0233. The van der Waals surface area contributed by atoms with Crippen molar-refractivity contribution < 1.29 is 9.18 Å². The molecule has 136 valence electrons. The second-order valence-corrected chi connectivity index (χ2v) is 6.83. The minimum atomic E-state index is -0.247. The second kappa shape index (κ2) is 7.43. The highest BCUT2D eigenvalue weighted by molar-refractivity contribution is 5.82. The predicted octanol–water partition coefficient (Wildman–Crippen LogP) is 2.08. The molecule has 2 atom stereocenters. The summed E-state index contributed by atoms with van der Waals surface area (Å²) in [5.41, 5.74) is 8.47. The van der Waals surface area contributed by atoms with E-state index in [0.717, 1.165) is 31.7 Å². The number of carbonyl (C=O) groups is 1. The number of carbonyl (C=O) groups excluding carboxylic acids is 1. The fraction of sp³-hybridized carbons (Fsp3) is 0.350. The maximum Gasteiger partial charge on any atom is 0.241 e. The molecular formula is C20H23FN4O. The number of para-hydroxylation sites is 1. The van der Waals surface area contributed by atoms with Crippen molar-refractivity contribution in [1.29, 1.82) is 0 Å². The molecule has 1 amide bonds. The van der Waals surface area contributed by atoms with Gasteiger partial charge in [0.1, 0.15) is 11.9 Å². The van der Waals surface area contributed by atoms with Gasteiger partial charge in [-0.25, -0.2) is 15.2 Å². The summed E-state index contributed by atoms with van der Waals surface area (Å²) in [6.45, 7) is 3.15. The van der Waals surface area contributed by atoms with E-state index in [1.165, 1.54) is 17.8 Å². The van der Waals surface area contributed by atoms with Crippen molar-refractivity contribution in [2.24, 2.45) is 0 Å². The highest BCUT2D eigenvalue weighted by atomic mass is 19.1. The molecule has 2 aromatic rings. The van der Waals surface area contributed by atoms with Crippen LogP contribution in [0.3, 0.4) is 0 Å². The molecule has 2 aliphatic rings. The smallest absolute Gasteiger partial charge is 0.241 e. The van der Waals surface area contributed by atoms with E-state index in [9.17, 15) is 9.18 Å². The van der Waals surface area contributed by atoms with Crippen molar-refractivity contribution in [3.05, 3.63) is 66.0 Å². The van der Waals surface area contributed by atoms with Crippen molar-refractivity contribution in [3.63, 3.8) is 0 Å². The molecule has 5 nitrogen and oxygen atoms in total. The van der Waals surface area contributed by atoms with Crippen LogP contribution >= 0.6 is 0 Å². The van der Waals surface area contributed by atoms with Crippen molar-refractivity contribution in [2.75, 3.05) is 31.1 Å². The number of hydrazine groups is 1. The van der Waals surface area contributed by atoms with E-state index >= 15 is 0 Å². The van der Waals surface area contributed by atoms with Gasteiger partial charge in [-0.1, -0.05) is 30.3 Å². The van der Waals surface area contributed by atoms with E-state index in [2.05, 4.69) is 27.9 Å². The third-order valence-electron chi connectivity index (χ3n) is 5.19. The van der Waals surface area contributed by atoms with Gasteiger partial charge in [0, 0.05) is 37.9 Å². The largest absolute Gasteiger partial charge is 0.368 e. The number of amides is 1. The van der Waals surface area contributed by atoms with Gasteiger partial charge in [0.25, 0.3) is 0 Å². The molecule has 2 aromatic carbocycles. The Labute approximate surface area is 152 Å². The molecule has 6 heteroatoms. The quantitative estimate of drug-likeness (QED) is 0.886. The zero-order valence-corrected chi connectivity index (χ0v) is 14.6. The van der Waals surface area contributed by atoms with Crippen LogP contribution in [0.2, 0.25) is 0 Å². The molecule has 0 saturated carbocycles. The number of benzene rings is 2. The first-order chi connectivity index (χ1) is 12.7. The summed E-state index contributed by atoms with van der Waals surface area (Å²) in [7, 11) is 0. The van der Waals surface area contributed by atoms with Crippen LogP contribution in [0.4, 0.5) is 10.1 Å². The molecule has 2 heterocycles. The van der Waals surface area contributed by atoms with Gasteiger partial charge in [-0.15, -0.1) is 0 Å². The highest BCUT2D eigenvalue weighted by Gasteiger charge is 2.34. The van der Waals surface area contributed by atoms with Gasteiger partial charge in [0.15, 0.2) is 0 Å². The predicted molar refractivity (Wildman–Crippen MR) is 99.1 cm³/mol. The van der Waals surface area contributed by atoms with E-state index < -0.39 is 0 Å². The van der Waals surface area contributed by atoms with Gasteiger partial charge in [0.05, 0.1) is 0 Å². The molecule has 2 unspecified atom stereocenters. The van der Waals surface area contributed by atoms with E-state index in [4.69, 9.17) is 0 Å². The van der Waals surface area contributed by atoms with Crippen molar-refractivity contribution >= 4 is 11.6 Å². The van der Waals surface area contributed by atoms with Gasteiger partial charge in [-0.3, -0.25) is 4.79 Å². The van der Waals surface area contributed by atoms with Crippen LogP contribution in [0, 0.1) is 5.82 Å². The molecule has 2 fully saturated rings. The Balaban J connectivity index is 1.32. The maximum atomic E-state index is 13.1. The molecule has 0 radical (unpaired) electrons. The first-order valence-corrected chi connectivity index (χ1v) is 9.06. The summed E-state index contributed by atoms with van der Waals surface area (Å²) >= 11 is 0. The highest BCUT2D eigenvalue weighted by Crippen LogP contribution is 2.24. The molecule has 26 heavy (non-hydrogen) atoms. The molecule has 0 aliphatic carbocycles. The molecule has 2 N–H and O–H groups in total. The zero-order valence-electron chi connectivity index (χ0n) is 14.6. The van der Waals surface area contributed by atoms with Crippen LogP contribution < -0.4 is 15.8 Å². The van der Waals surface area contributed by atoms with Gasteiger partial charge < -0.3 is 9.80 Å². The summed E-state index contributed by atoms with van der Waals surface area (Å²) in [5.74, 6) is -0.113. The lowest BCUT2D eigenvalue weighted by molar-refractivity contribution is -0.133. The summed E-state index contributed by atoms with van der Waals surface area (Å²) in [5, 5.41) is 0. The summed E-state index contributed by atoms with van der Waals surface area (Å²) in [6.07, 6.45) is 0.670. The monoisotopic (exact) mass is 354 g/mol. The van der Waals surface area contributed by atoms with Crippen LogP contribution in [0.1, 0.15) is 18.0 Å². The van der Waals surface area contributed by atoms with Crippen LogP contribution in [0.25, 0.3) is 0 Å². The average molecular weight is 354 g/mol. The fourth-order valence-electron chi connectivity index (χ4n) is 3.68. The standard InChI is InChI=1S/C20H23FN4O/c21-16-8-6-15(7-9-16)18-14-19(23-22-18)20(26)25-12-10-24(11-13-25)17-4-2-1-3-5-17/h1-9,18-19,22-23H,10-14H2. The molecule has 0 spiro atoms. The first-order valence-electron chi connectivity index (χ1n) is 9.06. The first kappa shape index (κ1) is 17.0. The molecule has 2 saturated heterocycles. The van der Waals surface area contributed by atoms with Gasteiger partial charge in [0.2, 0.25) is 5.91 Å². The minimum Gasteiger partial charge on any atom is -0.368 e. The molecule has 0 aromatic heterocycles. The summed E-state index contributed by atoms with van der Waals surface area (Å²) < 4.78 is 13.1. The van der Waals surface area contributed by atoms with E-state index in [1.807, 2.05) is 23.1 Å². The number of piperazine rings is 1. The Morgan fingerprint density at radius 3 is 2.31 bits per heavy atom. The molecule has 2 aliphatic heterocycles.